The Morgan fingerprint density at radius 3 is 2.64 bits per heavy atom. The fraction of sp³-hybridized carbons (Fsp3) is 0.222. The summed E-state index contributed by atoms with van der Waals surface area (Å²) in [6.45, 7) is 0. The number of rotatable bonds is 0. The molecule has 0 saturated carbocycles. The highest BCUT2D eigenvalue weighted by atomic mass is 32.2. The average molecular weight is 211 g/mol. The highest BCUT2D eigenvalue weighted by molar-refractivity contribution is 7.89. The maximum absolute atomic E-state index is 11.7. The van der Waals surface area contributed by atoms with Gasteiger partial charge in [0.05, 0.1) is 11.3 Å². The van der Waals surface area contributed by atoms with E-state index in [0.29, 0.717) is 5.56 Å². The molecule has 0 aromatic heterocycles. The van der Waals surface area contributed by atoms with Crippen LogP contribution in [0.25, 0.3) is 0 Å². The van der Waals surface area contributed by atoms with E-state index in [2.05, 4.69) is 0 Å². The van der Waals surface area contributed by atoms with Crippen molar-refractivity contribution >= 4 is 15.9 Å². The first kappa shape index (κ1) is 9.21. The van der Waals surface area contributed by atoms with E-state index in [9.17, 15) is 13.2 Å². The van der Waals surface area contributed by atoms with Crippen LogP contribution in [0.1, 0.15) is 5.56 Å². The maximum Gasteiger partial charge on any atom is 0.266 e. The van der Waals surface area contributed by atoms with Crippen LogP contribution in [0.15, 0.2) is 29.2 Å². The lowest BCUT2D eigenvalue weighted by molar-refractivity contribution is -0.125. The van der Waals surface area contributed by atoms with Gasteiger partial charge in [-0.3, -0.25) is 4.79 Å². The zero-order valence-corrected chi connectivity index (χ0v) is 8.41. The van der Waals surface area contributed by atoms with E-state index in [-0.39, 0.29) is 17.2 Å². The molecule has 1 aromatic carbocycles. The van der Waals surface area contributed by atoms with Crippen molar-refractivity contribution in [3.8, 4) is 0 Å². The fourth-order valence-electron chi connectivity index (χ4n) is 1.46. The largest absolute Gasteiger partial charge is 0.273 e. The van der Waals surface area contributed by atoms with Crippen LogP contribution in [0, 0.1) is 0 Å². The Balaban J connectivity index is 2.72. The number of hydrogen-bond acceptors (Lipinski definition) is 3. The molecule has 1 amide bonds. The number of sulfonamides is 1. The van der Waals surface area contributed by atoms with Crippen molar-refractivity contribution in [1.82, 2.24) is 4.31 Å². The Hall–Kier alpha value is -1.36. The normalized spacial score (nSPS) is 19.2. The predicted molar refractivity (Wildman–Crippen MR) is 50.1 cm³/mol. The van der Waals surface area contributed by atoms with Crippen molar-refractivity contribution in [1.29, 1.82) is 0 Å². The monoisotopic (exact) mass is 211 g/mol. The Morgan fingerprint density at radius 2 is 1.93 bits per heavy atom. The van der Waals surface area contributed by atoms with Crippen molar-refractivity contribution < 1.29 is 13.2 Å². The molecule has 2 rings (SSSR count). The summed E-state index contributed by atoms with van der Waals surface area (Å²) in [7, 11) is -2.30. The van der Waals surface area contributed by atoms with Gasteiger partial charge in [0.15, 0.2) is 0 Å². The molecule has 0 bridgehead atoms. The number of hydrogen-bond donors (Lipinski definition) is 0. The molecule has 4 nitrogen and oxygen atoms in total. The molecule has 5 heteroatoms. The molecule has 14 heavy (non-hydrogen) atoms. The second kappa shape index (κ2) is 2.81. The molecule has 0 radical (unpaired) electrons. The summed E-state index contributed by atoms with van der Waals surface area (Å²) in [6.07, 6.45) is 0.159. The highest BCUT2D eigenvalue weighted by Gasteiger charge is 2.32. The Kier molecular flexibility index (Phi) is 1.85. The van der Waals surface area contributed by atoms with Gasteiger partial charge >= 0.3 is 0 Å². The summed E-state index contributed by atoms with van der Waals surface area (Å²) >= 11 is 0. The Bertz CT molecular complexity index is 493. The lowest BCUT2D eigenvalue weighted by atomic mass is 10.1. The van der Waals surface area contributed by atoms with E-state index in [1.807, 2.05) is 0 Å². The first-order valence-electron chi connectivity index (χ1n) is 4.13. The summed E-state index contributed by atoms with van der Waals surface area (Å²) in [5.74, 6) is -0.385. The minimum absolute atomic E-state index is 0.159. The quantitative estimate of drug-likeness (QED) is 0.623. The van der Waals surface area contributed by atoms with Gasteiger partial charge in [-0.25, -0.2) is 12.7 Å². The van der Waals surface area contributed by atoms with Gasteiger partial charge in [-0.1, -0.05) is 18.2 Å². The van der Waals surface area contributed by atoms with E-state index in [4.69, 9.17) is 0 Å². The Labute approximate surface area is 82.2 Å². The molecule has 1 heterocycles. The predicted octanol–water partition coefficient (Wildman–Crippen LogP) is 0.390. The summed E-state index contributed by atoms with van der Waals surface area (Å²) < 4.78 is 24.2. The Morgan fingerprint density at radius 1 is 1.29 bits per heavy atom. The van der Waals surface area contributed by atoms with Crippen molar-refractivity contribution in [3.05, 3.63) is 29.8 Å². The summed E-state index contributed by atoms with van der Waals surface area (Å²) in [5, 5.41) is 0. The molecule has 0 aliphatic carbocycles. The van der Waals surface area contributed by atoms with Gasteiger partial charge in [-0.15, -0.1) is 0 Å². The standard InChI is InChI=1S/C9H9NO3S/c1-10-9(11)6-7-4-2-3-5-8(7)14(10,12)13/h2-5H,6H2,1H3. The topological polar surface area (TPSA) is 54.5 Å². The third-order valence-electron chi connectivity index (χ3n) is 2.30. The molecule has 74 valence electrons. The third kappa shape index (κ3) is 1.13. The molecule has 1 aliphatic heterocycles. The van der Waals surface area contributed by atoms with Crippen molar-refractivity contribution in [2.75, 3.05) is 7.05 Å². The van der Waals surface area contributed by atoms with Gasteiger partial charge in [-0.05, 0) is 11.6 Å². The van der Waals surface area contributed by atoms with E-state index >= 15 is 0 Å². The van der Waals surface area contributed by atoms with Gasteiger partial charge in [0.25, 0.3) is 10.0 Å². The van der Waals surface area contributed by atoms with Crippen LogP contribution < -0.4 is 0 Å². The lowest BCUT2D eigenvalue weighted by Crippen LogP contribution is -2.38. The number of nitrogens with zero attached hydrogens (tertiary/aromatic N) is 1. The molecule has 0 atom stereocenters. The molecule has 0 unspecified atom stereocenters. The smallest absolute Gasteiger partial charge is 0.266 e. The molecule has 0 spiro atoms. The van der Waals surface area contributed by atoms with E-state index < -0.39 is 10.0 Å². The molecule has 0 fully saturated rings. The molecule has 1 aromatic rings. The third-order valence-corrected chi connectivity index (χ3v) is 4.18. The van der Waals surface area contributed by atoms with Gasteiger partial charge in [0.1, 0.15) is 0 Å². The molecule has 0 N–H and O–H groups in total. The van der Waals surface area contributed by atoms with Crippen LogP contribution in [-0.4, -0.2) is 25.7 Å². The van der Waals surface area contributed by atoms with E-state index in [0.717, 1.165) is 4.31 Å². The van der Waals surface area contributed by atoms with Gasteiger partial charge in [0, 0.05) is 7.05 Å². The van der Waals surface area contributed by atoms with Crippen LogP contribution in [-0.2, 0) is 21.2 Å². The molecular weight excluding hydrogens is 202 g/mol. The zero-order chi connectivity index (χ0) is 10.3. The lowest BCUT2D eigenvalue weighted by Gasteiger charge is -2.24. The highest BCUT2D eigenvalue weighted by Crippen LogP contribution is 2.25. The SMILES string of the molecule is CN1C(=O)Cc2ccccc2S1(=O)=O. The second-order valence-electron chi connectivity index (χ2n) is 3.15. The van der Waals surface area contributed by atoms with Crippen LogP contribution in [0.4, 0.5) is 0 Å². The van der Waals surface area contributed by atoms with Crippen molar-refractivity contribution in [3.63, 3.8) is 0 Å². The van der Waals surface area contributed by atoms with Crippen LogP contribution >= 0.6 is 0 Å². The minimum atomic E-state index is -3.59. The summed E-state index contributed by atoms with van der Waals surface area (Å²) in [6, 6.07) is 6.57. The van der Waals surface area contributed by atoms with Crippen LogP contribution in [0.5, 0.6) is 0 Å². The zero-order valence-electron chi connectivity index (χ0n) is 7.60. The number of likely N-dealkylation sites (N-methyl/N-ethyl adjacent to an activating group) is 1. The van der Waals surface area contributed by atoms with Crippen LogP contribution in [0.2, 0.25) is 0 Å². The van der Waals surface area contributed by atoms with Crippen molar-refractivity contribution in [2.45, 2.75) is 11.3 Å². The fourth-order valence-corrected chi connectivity index (χ4v) is 2.81. The maximum atomic E-state index is 11.7. The number of amides is 1. The number of carbonyl (C=O) groups is 1. The average Bonchev–Trinajstić information content (AvgIpc) is 2.15. The minimum Gasteiger partial charge on any atom is -0.273 e. The van der Waals surface area contributed by atoms with Gasteiger partial charge in [-0.2, -0.15) is 0 Å². The molecule has 0 saturated heterocycles. The van der Waals surface area contributed by atoms with Crippen LogP contribution in [0.3, 0.4) is 0 Å². The number of fused-ring (bicyclic) bond motifs is 1. The second-order valence-corrected chi connectivity index (χ2v) is 5.09. The molecule has 1 aliphatic rings. The molecular formula is C9H9NO3S. The first-order chi connectivity index (χ1) is 6.53. The summed E-state index contributed by atoms with van der Waals surface area (Å²) in [4.78, 5) is 11.6. The number of benzene rings is 1. The number of carbonyl (C=O) groups excluding carboxylic acids is 1. The first-order valence-corrected chi connectivity index (χ1v) is 5.57. The van der Waals surface area contributed by atoms with E-state index in [1.54, 1.807) is 18.2 Å². The van der Waals surface area contributed by atoms with Gasteiger partial charge < -0.3 is 0 Å². The summed E-state index contributed by atoms with van der Waals surface area (Å²) in [5.41, 5.74) is 0.579. The van der Waals surface area contributed by atoms with Crippen molar-refractivity contribution in [2.24, 2.45) is 0 Å². The van der Waals surface area contributed by atoms with E-state index in [1.165, 1.54) is 13.1 Å². The van der Waals surface area contributed by atoms with Gasteiger partial charge in [0.2, 0.25) is 5.91 Å².